The van der Waals surface area contributed by atoms with E-state index in [-0.39, 0.29) is 18.5 Å². The Morgan fingerprint density at radius 3 is 2.20 bits per heavy atom. The lowest BCUT2D eigenvalue weighted by atomic mass is 9.94. The summed E-state index contributed by atoms with van der Waals surface area (Å²) in [5.74, 6) is -2.72. The van der Waals surface area contributed by atoms with Gasteiger partial charge in [-0.1, -0.05) is 19.3 Å². The van der Waals surface area contributed by atoms with Crippen LogP contribution in [0.4, 0.5) is 0 Å². The quantitative estimate of drug-likeness (QED) is 0.752. The first-order valence-electron chi connectivity index (χ1n) is 6.65. The van der Waals surface area contributed by atoms with E-state index in [1.165, 1.54) is 13.5 Å². The molecule has 1 N–H and O–H groups in total. The van der Waals surface area contributed by atoms with E-state index in [4.69, 9.17) is 5.11 Å². The maximum absolute atomic E-state index is 12.1. The van der Waals surface area contributed by atoms with E-state index < -0.39 is 21.7 Å². The summed E-state index contributed by atoms with van der Waals surface area (Å²) in [6.45, 7) is -0.317. The second kappa shape index (κ2) is 7.03. The van der Waals surface area contributed by atoms with Crippen LogP contribution >= 0.6 is 0 Å². The van der Waals surface area contributed by atoms with Crippen LogP contribution in [0.25, 0.3) is 0 Å². The molecule has 1 fully saturated rings. The second-order valence-electron chi connectivity index (χ2n) is 5.20. The SMILES string of the molecule is CN(C(=O)CN(C)S(=O)(=O)CC(=O)O)C1CCCCC1. The number of aliphatic carboxylic acids is 1. The van der Waals surface area contributed by atoms with Gasteiger partial charge in [-0.05, 0) is 12.8 Å². The largest absolute Gasteiger partial charge is 0.480 e. The number of hydrogen-bond donors (Lipinski definition) is 1. The van der Waals surface area contributed by atoms with Crippen molar-refractivity contribution in [3.05, 3.63) is 0 Å². The van der Waals surface area contributed by atoms with E-state index in [1.54, 1.807) is 11.9 Å². The molecule has 1 aliphatic rings. The molecule has 0 aliphatic heterocycles. The summed E-state index contributed by atoms with van der Waals surface area (Å²) in [5.41, 5.74) is 0. The van der Waals surface area contributed by atoms with Crippen molar-refractivity contribution in [2.45, 2.75) is 38.1 Å². The summed E-state index contributed by atoms with van der Waals surface area (Å²) >= 11 is 0. The highest BCUT2D eigenvalue weighted by atomic mass is 32.2. The maximum atomic E-state index is 12.1. The van der Waals surface area contributed by atoms with E-state index >= 15 is 0 Å². The Balaban J connectivity index is 2.58. The van der Waals surface area contributed by atoms with Gasteiger partial charge < -0.3 is 10.0 Å². The Bertz CT molecular complexity index is 456. The molecular formula is C12H22N2O5S. The molecule has 1 saturated carbocycles. The summed E-state index contributed by atoms with van der Waals surface area (Å²) in [7, 11) is -1.03. The fraction of sp³-hybridized carbons (Fsp3) is 0.833. The zero-order chi connectivity index (χ0) is 15.3. The van der Waals surface area contributed by atoms with Crippen LogP contribution in [0.3, 0.4) is 0 Å². The van der Waals surface area contributed by atoms with Gasteiger partial charge in [0, 0.05) is 20.1 Å². The lowest BCUT2D eigenvalue weighted by Gasteiger charge is -2.32. The van der Waals surface area contributed by atoms with Crippen molar-refractivity contribution in [3.63, 3.8) is 0 Å². The Hall–Kier alpha value is -1.15. The predicted octanol–water partition coefficient (Wildman–Crippen LogP) is 0.124. The van der Waals surface area contributed by atoms with E-state index in [9.17, 15) is 18.0 Å². The number of carbonyl (C=O) groups excluding carboxylic acids is 1. The number of rotatable bonds is 6. The molecule has 20 heavy (non-hydrogen) atoms. The van der Waals surface area contributed by atoms with Crippen LogP contribution in [0.15, 0.2) is 0 Å². The summed E-state index contributed by atoms with van der Waals surface area (Å²) in [4.78, 5) is 24.1. The molecule has 1 aliphatic carbocycles. The van der Waals surface area contributed by atoms with Crippen molar-refractivity contribution in [3.8, 4) is 0 Å². The number of nitrogens with zero attached hydrogens (tertiary/aromatic N) is 2. The fourth-order valence-electron chi connectivity index (χ4n) is 2.34. The van der Waals surface area contributed by atoms with E-state index in [0.29, 0.717) is 0 Å². The molecule has 0 saturated heterocycles. The highest BCUT2D eigenvalue weighted by Crippen LogP contribution is 2.21. The van der Waals surface area contributed by atoms with Gasteiger partial charge in [-0.2, -0.15) is 4.31 Å². The molecule has 1 amide bonds. The molecule has 0 bridgehead atoms. The summed E-state index contributed by atoms with van der Waals surface area (Å²) < 4.78 is 24.1. The van der Waals surface area contributed by atoms with Crippen LogP contribution in [-0.4, -0.2) is 67.0 Å². The minimum Gasteiger partial charge on any atom is -0.480 e. The zero-order valence-electron chi connectivity index (χ0n) is 11.9. The van der Waals surface area contributed by atoms with Crippen LogP contribution < -0.4 is 0 Å². The van der Waals surface area contributed by atoms with Gasteiger partial charge in [-0.15, -0.1) is 0 Å². The molecule has 1 rings (SSSR count). The molecule has 0 aromatic carbocycles. The minimum atomic E-state index is -3.93. The second-order valence-corrected chi connectivity index (χ2v) is 7.28. The average Bonchev–Trinajstić information content (AvgIpc) is 2.37. The van der Waals surface area contributed by atoms with Gasteiger partial charge in [0.1, 0.15) is 0 Å². The molecular weight excluding hydrogens is 284 g/mol. The van der Waals surface area contributed by atoms with E-state index in [2.05, 4.69) is 0 Å². The zero-order valence-corrected chi connectivity index (χ0v) is 12.7. The van der Waals surface area contributed by atoms with Crippen LogP contribution in [0, 0.1) is 0 Å². The molecule has 7 nitrogen and oxygen atoms in total. The van der Waals surface area contributed by atoms with Crippen molar-refractivity contribution in [2.24, 2.45) is 0 Å². The van der Waals surface area contributed by atoms with Gasteiger partial charge in [0.25, 0.3) is 0 Å². The van der Waals surface area contributed by atoms with Crippen molar-refractivity contribution < 1.29 is 23.1 Å². The molecule has 0 radical (unpaired) electrons. The van der Waals surface area contributed by atoms with Gasteiger partial charge in [0.05, 0.1) is 6.54 Å². The molecule has 0 atom stereocenters. The number of hydrogen-bond acceptors (Lipinski definition) is 4. The summed E-state index contributed by atoms with van der Waals surface area (Å²) in [6, 6.07) is 0.159. The van der Waals surface area contributed by atoms with Crippen molar-refractivity contribution in [2.75, 3.05) is 26.4 Å². The first kappa shape index (κ1) is 16.9. The number of amides is 1. The normalized spacial score (nSPS) is 17.1. The molecule has 0 heterocycles. The Morgan fingerprint density at radius 1 is 1.15 bits per heavy atom. The third kappa shape index (κ3) is 4.75. The van der Waals surface area contributed by atoms with Gasteiger partial charge in [-0.25, -0.2) is 8.42 Å². The highest BCUT2D eigenvalue weighted by molar-refractivity contribution is 7.89. The predicted molar refractivity (Wildman–Crippen MR) is 73.7 cm³/mol. The van der Waals surface area contributed by atoms with Crippen LogP contribution in [0.5, 0.6) is 0 Å². The molecule has 8 heteroatoms. The lowest BCUT2D eigenvalue weighted by Crippen LogP contribution is -2.45. The number of carboxylic acid groups (broad SMARTS) is 1. The first-order valence-corrected chi connectivity index (χ1v) is 8.26. The highest BCUT2D eigenvalue weighted by Gasteiger charge is 2.27. The van der Waals surface area contributed by atoms with Crippen LogP contribution in [0.1, 0.15) is 32.1 Å². The van der Waals surface area contributed by atoms with Crippen molar-refractivity contribution in [1.29, 1.82) is 0 Å². The molecule has 0 spiro atoms. The number of sulfonamides is 1. The van der Waals surface area contributed by atoms with Crippen LogP contribution in [-0.2, 0) is 19.6 Å². The smallest absolute Gasteiger partial charge is 0.320 e. The summed E-state index contributed by atoms with van der Waals surface area (Å²) in [6.07, 6.45) is 5.21. The van der Waals surface area contributed by atoms with Gasteiger partial charge in [0.2, 0.25) is 15.9 Å². The van der Waals surface area contributed by atoms with Crippen molar-refractivity contribution >= 4 is 21.9 Å². The standard InChI is InChI=1S/C12H22N2O5S/c1-13(20(18,19)9-12(16)17)8-11(15)14(2)10-6-4-3-5-7-10/h10H,3-9H2,1-2H3,(H,16,17). The molecule has 0 unspecified atom stereocenters. The number of carboxylic acids is 1. The molecule has 116 valence electrons. The molecule has 0 aromatic heterocycles. The third-order valence-electron chi connectivity index (χ3n) is 3.65. The molecule has 0 aromatic rings. The van der Waals surface area contributed by atoms with Gasteiger partial charge in [-0.3, -0.25) is 9.59 Å². The average molecular weight is 306 g/mol. The Morgan fingerprint density at radius 2 is 1.70 bits per heavy atom. The number of carbonyl (C=O) groups is 2. The van der Waals surface area contributed by atoms with Gasteiger partial charge >= 0.3 is 5.97 Å². The first-order chi connectivity index (χ1) is 9.24. The lowest BCUT2D eigenvalue weighted by molar-refractivity contribution is -0.135. The third-order valence-corrected chi connectivity index (χ3v) is 5.35. The Kier molecular flexibility index (Phi) is 5.94. The van der Waals surface area contributed by atoms with E-state index in [0.717, 1.165) is 30.0 Å². The number of likely N-dealkylation sites (N-methyl/N-ethyl adjacent to an activating group) is 2. The topological polar surface area (TPSA) is 95.0 Å². The monoisotopic (exact) mass is 306 g/mol. The van der Waals surface area contributed by atoms with E-state index in [1.807, 2.05) is 0 Å². The van der Waals surface area contributed by atoms with Crippen molar-refractivity contribution in [1.82, 2.24) is 9.21 Å². The van der Waals surface area contributed by atoms with Gasteiger partial charge in [0.15, 0.2) is 5.75 Å². The van der Waals surface area contributed by atoms with Crippen LogP contribution in [0.2, 0.25) is 0 Å². The summed E-state index contributed by atoms with van der Waals surface area (Å²) in [5, 5.41) is 8.54. The maximum Gasteiger partial charge on any atom is 0.320 e. The minimum absolute atomic E-state index is 0.159. The fourth-order valence-corrected chi connectivity index (χ4v) is 3.18. The Labute approximate surface area is 119 Å².